The van der Waals surface area contributed by atoms with Crippen LogP contribution in [0.1, 0.15) is 23.0 Å². The van der Waals surface area contributed by atoms with E-state index >= 15 is 0 Å². The number of phenols is 1. The summed E-state index contributed by atoms with van der Waals surface area (Å²) in [5.74, 6) is -1.98. The van der Waals surface area contributed by atoms with Crippen LogP contribution in [0.15, 0.2) is 18.2 Å². The van der Waals surface area contributed by atoms with Gasteiger partial charge in [0.2, 0.25) is 0 Å². The minimum Gasteiger partial charge on any atom is -0.506 e. The Morgan fingerprint density at radius 2 is 2.11 bits per heavy atom. The van der Waals surface area contributed by atoms with Crippen LogP contribution in [-0.2, 0) is 4.79 Å². The van der Waals surface area contributed by atoms with E-state index in [0.29, 0.717) is 9.58 Å². The molecule has 0 saturated heterocycles. The van der Waals surface area contributed by atoms with Crippen LogP contribution in [0.3, 0.4) is 0 Å². The van der Waals surface area contributed by atoms with Crippen LogP contribution >= 0.6 is 22.9 Å². The number of hydrogen-bond donors (Lipinski definition) is 2. The van der Waals surface area contributed by atoms with Crippen molar-refractivity contribution in [2.75, 3.05) is 0 Å². The maximum Gasteiger partial charge on any atom is 0.306 e. The van der Waals surface area contributed by atoms with Crippen LogP contribution in [0.5, 0.6) is 5.75 Å². The summed E-state index contributed by atoms with van der Waals surface area (Å²) in [4.78, 5) is 23.2. The van der Waals surface area contributed by atoms with Crippen LogP contribution in [0.4, 0.5) is 0 Å². The molecular weight excluding hydrogens is 288 g/mol. The third kappa shape index (κ3) is 2.72. The SMILES string of the molecule is C[C@@H](CC(=O)c1cc2ccc(O)c(Cl)c2s1)C(=O)O. The first-order valence-electron chi connectivity index (χ1n) is 5.57. The molecular formula is C13H11ClO4S. The third-order valence-electron chi connectivity index (χ3n) is 2.79. The Labute approximate surface area is 118 Å². The number of aliphatic carboxylic acids is 1. The molecule has 100 valence electrons. The van der Waals surface area contributed by atoms with E-state index in [1.54, 1.807) is 12.1 Å². The fraction of sp³-hybridized carbons (Fsp3) is 0.231. The molecule has 19 heavy (non-hydrogen) atoms. The number of ketones is 1. The van der Waals surface area contributed by atoms with E-state index in [1.807, 2.05) is 0 Å². The monoisotopic (exact) mass is 298 g/mol. The van der Waals surface area contributed by atoms with Gasteiger partial charge in [-0.25, -0.2) is 0 Å². The van der Waals surface area contributed by atoms with Crippen LogP contribution in [0.25, 0.3) is 10.1 Å². The molecule has 0 bridgehead atoms. The van der Waals surface area contributed by atoms with Gasteiger partial charge in [-0.1, -0.05) is 18.5 Å². The van der Waals surface area contributed by atoms with Crippen LogP contribution in [0, 0.1) is 5.92 Å². The zero-order valence-corrected chi connectivity index (χ0v) is 11.6. The minimum absolute atomic E-state index is 0.0334. The number of fused-ring (bicyclic) bond motifs is 1. The van der Waals surface area contributed by atoms with Gasteiger partial charge in [0.25, 0.3) is 0 Å². The molecule has 0 spiro atoms. The Morgan fingerprint density at radius 1 is 1.42 bits per heavy atom. The first-order chi connectivity index (χ1) is 8.90. The summed E-state index contributed by atoms with van der Waals surface area (Å²) in [5, 5.41) is 19.3. The lowest BCUT2D eigenvalue weighted by atomic mass is 10.0. The van der Waals surface area contributed by atoms with E-state index < -0.39 is 11.9 Å². The zero-order valence-electron chi connectivity index (χ0n) is 10.0. The van der Waals surface area contributed by atoms with E-state index in [9.17, 15) is 14.7 Å². The number of phenolic OH excluding ortho intramolecular Hbond substituents is 1. The highest BCUT2D eigenvalue weighted by Crippen LogP contribution is 2.37. The maximum absolute atomic E-state index is 12.0. The highest BCUT2D eigenvalue weighted by Gasteiger charge is 2.19. The van der Waals surface area contributed by atoms with E-state index in [0.717, 1.165) is 5.39 Å². The predicted molar refractivity (Wildman–Crippen MR) is 74.2 cm³/mol. The number of hydrogen-bond acceptors (Lipinski definition) is 4. The van der Waals surface area contributed by atoms with Crippen molar-refractivity contribution in [3.8, 4) is 5.75 Å². The van der Waals surface area contributed by atoms with E-state index in [1.165, 1.54) is 24.3 Å². The lowest BCUT2D eigenvalue weighted by Gasteiger charge is -2.02. The van der Waals surface area contributed by atoms with Crippen molar-refractivity contribution in [2.45, 2.75) is 13.3 Å². The second kappa shape index (κ2) is 5.19. The molecule has 1 aromatic carbocycles. The number of benzene rings is 1. The van der Waals surface area contributed by atoms with Crippen LogP contribution in [0.2, 0.25) is 5.02 Å². The number of thiophene rings is 1. The summed E-state index contributed by atoms with van der Waals surface area (Å²) >= 11 is 7.12. The molecule has 2 aromatic rings. The summed E-state index contributed by atoms with van der Waals surface area (Å²) in [7, 11) is 0. The first-order valence-corrected chi connectivity index (χ1v) is 6.76. The van der Waals surface area contributed by atoms with Crippen LogP contribution < -0.4 is 0 Å². The van der Waals surface area contributed by atoms with Crippen LogP contribution in [-0.4, -0.2) is 22.0 Å². The van der Waals surface area contributed by atoms with Gasteiger partial charge in [0.1, 0.15) is 10.8 Å². The topological polar surface area (TPSA) is 74.6 Å². The molecule has 6 heteroatoms. The Bertz CT molecular complexity index is 662. The van der Waals surface area contributed by atoms with Crippen molar-refractivity contribution in [3.63, 3.8) is 0 Å². The molecule has 1 atom stereocenters. The molecule has 1 aromatic heterocycles. The Morgan fingerprint density at radius 3 is 2.74 bits per heavy atom. The Balaban J connectivity index is 2.34. The fourth-order valence-corrected chi connectivity index (χ4v) is 2.99. The Hall–Kier alpha value is -1.59. The Kier molecular flexibility index (Phi) is 3.78. The highest BCUT2D eigenvalue weighted by molar-refractivity contribution is 7.21. The van der Waals surface area contributed by atoms with Crippen molar-refractivity contribution >= 4 is 44.8 Å². The summed E-state index contributed by atoms with van der Waals surface area (Å²) in [6.45, 7) is 1.49. The molecule has 0 amide bonds. The lowest BCUT2D eigenvalue weighted by molar-refractivity contribution is -0.141. The van der Waals surface area contributed by atoms with Crippen molar-refractivity contribution < 1.29 is 19.8 Å². The molecule has 0 aliphatic rings. The second-order valence-corrected chi connectivity index (χ2v) is 5.72. The summed E-state index contributed by atoms with van der Waals surface area (Å²) in [6.07, 6.45) is -0.0498. The number of carbonyl (C=O) groups excluding carboxylic acids is 1. The number of carboxylic acids is 1. The fourth-order valence-electron chi connectivity index (χ4n) is 1.66. The molecule has 0 aliphatic carbocycles. The predicted octanol–water partition coefficient (Wildman–Crippen LogP) is 3.55. The number of aromatic hydroxyl groups is 1. The average molecular weight is 299 g/mol. The highest BCUT2D eigenvalue weighted by atomic mass is 35.5. The largest absolute Gasteiger partial charge is 0.506 e. The van der Waals surface area contributed by atoms with Gasteiger partial charge in [-0.05, 0) is 23.6 Å². The van der Waals surface area contributed by atoms with Gasteiger partial charge in [-0.15, -0.1) is 11.3 Å². The van der Waals surface area contributed by atoms with Gasteiger partial charge in [-0.3, -0.25) is 9.59 Å². The van der Waals surface area contributed by atoms with Gasteiger partial charge < -0.3 is 10.2 Å². The van der Waals surface area contributed by atoms with Crippen molar-refractivity contribution in [1.29, 1.82) is 0 Å². The second-order valence-electron chi connectivity index (χ2n) is 4.29. The van der Waals surface area contributed by atoms with Crippen molar-refractivity contribution in [1.82, 2.24) is 0 Å². The molecule has 0 saturated carbocycles. The van der Waals surface area contributed by atoms with Gasteiger partial charge >= 0.3 is 5.97 Å². The van der Waals surface area contributed by atoms with Gasteiger partial charge in [0.05, 0.1) is 15.5 Å². The van der Waals surface area contributed by atoms with Gasteiger partial charge in [0.15, 0.2) is 5.78 Å². The van der Waals surface area contributed by atoms with Gasteiger partial charge in [0, 0.05) is 6.42 Å². The average Bonchev–Trinajstić information content (AvgIpc) is 2.78. The summed E-state index contributed by atoms with van der Waals surface area (Å²) in [5.41, 5.74) is 0. The molecule has 2 N–H and O–H groups in total. The summed E-state index contributed by atoms with van der Waals surface area (Å²) in [6, 6.07) is 4.80. The molecule has 2 rings (SSSR count). The first kappa shape index (κ1) is 13.8. The molecule has 0 radical (unpaired) electrons. The number of carbonyl (C=O) groups is 2. The number of Topliss-reactive ketones (excluding diaryl/α,β-unsaturated/α-hetero) is 1. The molecule has 4 nitrogen and oxygen atoms in total. The van der Waals surface area contributed by atoms with E-state index in [2.05, 4.69) is 0 Å². The lowest BCUT2D eigenvalue weighted by Crippen LogP contribution is -2.13. The maximum atomic E-state index is 12.0. The van der Waals surface area contributed by atoms with Crippen molar-refractivity contribution in [2.24, 2.45) is 5.92 Å². The number of halogens is 1. The number of rotatable bonds is 4. The van der Waals surface area contributed by atoms with Gasteiger partial charge in [-0.2, -0.15) is 0 Å². The quantitative estimate of drug-likeness (QED) is 0.846. The van der Waals surface area contributed by atoms with E-state index in [4.69, 9.17) is 16.7 Å². The standard InChI is InChI=1S/C13H11ClO4S/c1-6(13(17)18)4-9(16)10-5-7-2-3-8(15)11(14)12(7)19-10/h2-3,5-6,15H,4H2,1H3,(H,17,18)/t6-/m0/s1. The minimum atomic E-state index is -0.995. The molecule has 0 unspecified atom stereocenters. The van der Waals surface area contributed by atoms with E-state index in [-0.39, 0.29) is 23.0 Å². The molecule has 0 fully saturated rings. The van der Waals surface area contributed by atoms with Crippen molar-refractivity contribution in [3.05, 3.63) is 28.1 Å². The normalized spacial score (nSPS) is 12.5. The zero-order chi connectivity index (χ0) is 14.2. The third-order valence-corrected chi connectivity index (χ3v) is 4.50. The summed E-state index contributed by atoms with van der Waals surface area (Å²) < 4.78 is 0.632. The smallest absolute Gasteiger partial charge is 0.306 e. The number of carboxylic acid groups (broad SMARTS) is 1. The molecule has 0 aliphatic heterocycles. The molecule has 1 heterocycles.